The second-order valence-electron chi connectivity index (χ2n) is 5.20. The van der Waals surface area contributed by atoms with Crippen molar-refractivity contribution in [3.05, 3.63) is 35.4 Å². The van der Waals surface area contributed by atoms with Gasteiger partial charge in [0.25, 0.3) is 0 Å². The Bertz CT molecular complexity index is 328. The number of fused-ring (bicyclic) bond motifs is 3. The van der Waals surface area contributed by atoms with Crippen molar-refractivity contribution >= 4 is 0 Å². The predicted molar refractivity (Wildman–Crippen MR) is 64.2 cm³/mol. The zero-order chi connectivity index (χ0) is 10.3. The fourth-order valence-corrected chi connectivity index (χ4v) is 3.97. The molecule has 0 heterocycles. The van der Waals surface area contributed by atoms with Gasteiger partial charge in [-0.2, -0.15) is 0 Å². The van der Waals surface area contributed by atoms with Gasteiger partial charge in [0.15, 0.2) is 0 Å². The molecule has 1 aromatic rings. The first-order valence-corrected chi connectivity index (χ1v) is 6.50. The van der Waals surface area contributed by atoms with Crippen molar-refractivity contribution in [3.8, 4) is 0 Å². The molecule has 0 saturated heterocycles. The molecule has 2 aliphatic rings. The average Bonchev–Trinajstić information content (AvgIpc) is 2.63. The lowest BCUT2D eigenvalue weighted by Gasteiger charge is -2.29. The third-order valence-corrected chi connectivity index (χ3v) is 4.57. The van der Waals surface area contributed by atoms with E-state index in [4.69, 9.17) is 0 Å². The van der Waals surface area contributed by atoms with E-state index in [-0.39, 0.29) is 0 Å². The molecule has 80 valence electrons. The van der Waals surface area contributed by atoms with Crippen LogP contribution in [0.25, 0.3) is 0 Å². The highest BCUT2D eigenvalue weighted by molar-refractivity contribution is 5.40. The third-order valence-electron chi connectivity index (χ3n) is 4.57. The molecular weight excluding hydrogens is 180 g/mol. The van der Waals surface area contributed by atoms with E-state index >= 15 is 0 Å². The van der Waals surface area contributed by atoms with Crippen LogP contribution in [0.4, 0.5) is 0 Å². The van der Waals surface area contributed by atoms with E-state index in [0.29, 0.717) is 0 Å². The van der Waals surface area contributed by atoms with Crippen molar-refractivity contribution in [3.63, 3.8) is 0 Å². The van der Waals surface area contributed by atoms with Crippen LogP contribution in [0, 0.1) is 5.92 Å². The fraction of sp³-hybridized carbons (Fsp3) is 0.600. The maximum absolute atomic E-state index is 2.38. The summed E-state index contributed by atoms with van der Waals surface area (Å²) in [6.07, 6.45) is 7.16. The van der Waals surface area contributed by atoms with Crippen molar-refractivity contribution in [1.29, 1.82) is 0 Å². The van der Waals surface area contributed by atoms with Gasteiger partial charge in [0.2, 0.25) is 0 Å². The highest BCUT2D eigenvalue weighted by Gasteiger charge is 2.40. The van der Waals surface area contributed by atoms with Crippen LogP contribution in [0.3, 0.4) is 0 Å². The zero-order valence-electron chi connectivity index (χ0n) is 9.58. The summed E-state index contributed by atoms with van der Waals surface area (Å²) in [7, 11) is 0. The van der Waals surface area contributed by atoms with Gasteiger partial charge in [-0.1, -0.05) is 44.0 Å². The summed E-state index contributed by atoms with van der Waals surface area (Å²) in [5, 5.41) is 0. The van der Waals surface area contributed by atoms with Gasteiger partial charge in [-0.25, -0.2) is 0 Å². The van der Waals surface area contributed by atoms with Gasteiger partial charge in [0.05, 0.1) is 0 Å². The molecule has 0 bridgehead atoms. The topological polar surface area (TPSA) is 0 Å². The first kappa shape index (κ1) is 9.45. The maximum Gasteiger partial charge on any atom is -0.0125 e. The van der Waals surface area contributed by atoms with Gasteiger partial charge in [0, 0.05) is 0 Å². The van der Waals surface area contributed by atoms with Gasteiger partial charge in [-0.15, -0.1) is 0 Å². The van der Waals surface area contributed by atoms with Gasteiger partial charge in [-0.3, -0.25) is 0 Å². The molecule has 0 radical (unpaired) electrons. The zero-order valence-corrected chi connectivity index (χ0v) is 9.58. The minimum absolute atomic E-state index is 0.867. The monoisotopic (exact) mass is 200 g/mol. The third kappa shape index (κ3) is 1.34. The quantitative estimate of drug-likeness (QED) is 0.627. The molecule has 0 amide bonds. The molecule has 3 rings (SSSR count). The fourth-order valence-electron chi connectivity index (χ4n) is 3.97. The lowest BCUT2D eigenvalue weighted by Crippen LogP contribution is -2.16. The second kappa shape index (κ2) is 3.66. The molecule has 1 aromatic carbocycles. The highest BCUT2D eigenvalue weighted by atomic mass is 14.4. The van der Waals surface area contributed by atoms with Gasteiger partial charge >= 0.3 is 0 Å². The van der Waals surface area contributed by atoms with Crippen LogP contribution in [-0.4, -0.2) is 0 Å². The molecule has 2 aliphatic carbocycles. The van der Waals surface area contributed by atoms with Gasteiger partial charge < -0.3 is 0 Å². The van der Waals surface area contributed by atoms with Crippen LogP contribution >= 0.6 is 0 Å². The van der Waals surface area contributed by atoms with Crippen LogP contribution < -0.4 is 0 Å². The summed E-state index contributed by atoms with van der Waals surface area (Å²) in [6, 6.07) is 9.21. The molecule has 0 aromatic heterocycles. The lowest BCUT2D eigenvalue weighted by molar-refractivity contribution is 0.285. The summed E-state index contributed by atoms with van der Waals surface area (Å²) in [5.74, 6) is 2.74. The number of rotatable bonds is 1. The normalized spacial score (nSPS) is 33.5. The van der Waals surface area contributed by atoms with E-state index in [1.807, 2.05) is 0 Å². The minimum atomic E-state index is 0.867. The molecule has 0 N–H and O–H groups in total. The van der Waals surface area contributed by atoms with Crippen LogP contribution in [0.1, 0.15) is 62.0 Å². The highest BCUT2D eigenvalue weighted by Crippen LogP contribution is 2.54. The SMILES string of the molecule is CCC1c2ccccc2C2CCCCC12. The lowest BCUT2D eigenvalue weighted by atomic mass is 9.75. The van der Waals surface area contributed by atoms with Crippen LogP contribution in [-0.2, 0) is 0 Å². The van der Waals surface area contributed by atoms with Crippen LogP contribution in [0.2, 0.25) is 0 Å². The number of hydrogen-bond acceptors (Lipinski definition) is 0. The Balaban J connectivity index is 2.05. The molecule has 1 saturated carbocycles. The van der Waals surface area contributed by atoms with Gasteiger partial charge in [-0.05, 0) is 48.1 Å². The summed E-state index contributed by atoms with van der Waals surface area (Å²) >= 11 is 0. The van der Waals surface area contributed by atoms with E-state index in [2.05, 4.69) is 31.2 Å². The molecule has 0 nitrogen and oxygen atoms in total. The Hall–Kier alpha value is -0.780. The van der Waals surface area contributed by atoms with E-state index in [1.165, 1.54) is 32.1 Å². The Kier molecular flexibility index (Phi) is 2.31. The van der Waals surface area contributed by atoms with E-state index < -0.39 is 0 Å². The molecular formula is C15H20. The van der Waals surface area contributed by atoms with E-state index in [0.717, 1.165) is 17.8 Å². The first-order chi connectivity index (χ1) is 7.42. The smallest absolute Gasteiger partial charge is 0.0125 e. The molecule has 0 spiro atoms. The number of benzene rings is 1. The minimum Gasteiger partial charge on any atom is -0.0648 e. The van der Waals surface area contributed by atoms with Crippen LogP contribution in [0.15, 0.2) is 24.3 Å². The van der Waals surface area contributed by atoms with Crippen LogP contribution in [0.5, 0.6) is 0 Å². The summed E-state index contributed by atoms with van der Waals surface area (Å²) < 4.78 is 0. The summed E-state index contributed by atoms with van der Waals surface area (Å²) in [5.41, 5.74) is 3.37. The van der Waals surface area contributed by atoms with E-state index in [1.54, 1.807) is 11.1 Å². The Morgan fingerprint density at radius 2 is 1.80 bits per heavy atom. The molecule has 3 unspecified atom stereocenters. The second-order valence-corrected chi connectivity index (χ2v) is 5.20. The Morgan fingerprint density at radius 3 is 2.60 bits per heavy atom. The molecule has 0 heteroatoms. The van der Waals surface area contributed by atoms with Crippen molar-refractivity contribution in [2.75, 3.05) is 0 Å². The predicted octanol–water partition coefficient (Wildman–Crippen LogP) is 4.47. The molecule has 3 atom stereocenters. The largest absolute Gasteiger partial charge is 0.0648 e. The Labute approximate surface area is 92.7 Å². The molecule has 15 heavy (non-hydrogen) atoms. The maximum atomic E-state index is 2.38. The van der Waals surface area contributed by atoms with Crippen molar-refractivity contribution in [2.24, 2.45) is 5.92 Å². The Morgan fingerprint density at radius 1 is 1.07 bits per heavy atom. The standard InChI is InChI=1S/C15H20/c1-2-11-12-7-3-5-9-14(12)15-10-6-4-8-13(11)15/h3,5,7,9,11,13,15H,2,4,6,8,10H2,1H3. The molecule has 0 aliphatic heterocycles. The van der Waals surface area contributed by atoms with Crippen molar-refractivity contribution < 1.29 is 0 Å². The number of hydrogen-bond donors (Lipinski definition) is 0. The molecule has 1 fully saturated rings. The summed E-state index contributed by atoms with van der Waals surface area (Å²) in [6.45, 7) is 2.36. The van der Waals surface area contributed by atoms with Gasteiger partial charge in [0.1, 0.15) is 0 Å². The average molecular weight is 200 g/mol. The van der Waals surface area contributed by atoms with Crippen molar-refractivity contribution in [2.45, 2.75) is 50.9 Å². The first-order valence-electron chi connectivity index (χ1n) is 6.50. The van der Waals surface area contributed by atoms with E-state index in [9.17, 15) is 0 Å². The van der Waals surface area contributed by atoms with Crippen molar-refractivity contribution in [1.82, 2.24) is 0 Å². The summed E-state index contributed by atoms with van der Waals surface area (Å²) in [4.78, 5) is 0.